The van der Waals surface area contributed by atoms with Gasteiger partial charge in [-0.25, -0.2) is 13.4 Å². The zero-order valence-electron chi connectivity index (χ0n) is 15.1. The molecule has 1 aliphatic heterocycles. The second-order valence-electron chi connectivity index (χ2n) is 6.43. The van der Waals surface area contributed by atoms with Crippen molar-refractivity contribution < 1.29 is 13.3 Å². The van der Waals surface area contributed by atoms with E-state index in [1.807, 2.05) is 11.0 Å². The Morgan fingerprint density at radius 2 is 1.79 bits per heavy atom. The molecule has 4 rings (SSSR count). The zero-order valence-corrected chi connectivity index (χ0v) is 16.7. The van der Waals surface area contributed by atoms with Gasteiger partial charge in [0.1, 0.15) is 0 Å². The van der Waals surface area contributed by atoms with Gasteiger partial charge < -0.3 is 4.90 Å². The summed E-state index contributed by atoms with van der Waals surface area (Å²) in [5, 5.41) is 20.5. The molecule has 0 radical (unpaired) electrons. The molecule has 29 heavy (non-hydrogen) atoms. The molecule has 0 spiro atoms. The SMILES string of the molecule is N#Cc1ccc(S(=O)(=O)N2CCN(c3nc4ccc([N+](=O)[O-])cc4s3)CC2)cc1. The fraction of sp³-hybridized carbons (Fsp3) is 0.222. The van der Waals surface area contributed by atoms with Crippen molar-refractivity contribution in [3.05, 3.63) is 58.1 Å². The lowest BCUT2D eigenvalue weighted by atomic mass is 10.2. The van der Waals surface area contributed by atoms with Crippen LogP contribution in [0.25, 0.3) is 10.2 Å². The van der Waals surface area contributed by atoms with E-state index in [0.29, 0.717) is 37.3 Å². The summed E-state index contributed by atoms with van der Waals surface area (Å²) in [6.07, 6.45) is 0. The van der Waals surface area contributed by atoms with E-state index in [1.165, 1.54) is 52.0 Å². The van der Waals surface area contributed by atoms with Crippen LogP contribution in [0.2, 0.25) is 0 Å². The summed E-state index contributed by atoms with van der Waals surface area (Å²) >= 11 is 1.36. The zero-order chi connectivity index (χ0) is 20.6. The molecular weight excluding hydrogens is 414 g/mol. The van der Waals surface area contributed by atoms with Gasteiger partial charge in [0.15, 0.2) is 5.13 Å². The number of piperazine rings is 1. The van der Waals surface area contributed by atoms with Crippen LogP contribution < -0.4 is 4.90 Å². The topological polar surface area (TPSA) is 120 Å². The second-order valence-corrected chi connectivity index (χ2v) is 9.38. The van der Waals surface area contributed by atoms with E-state index >= 15 is 0 Å². The van der Waals surface area contributed by atoms with Crippen LogP contribution in [0.15, 0.2) is 47.4 Å². The van der Waals surface area contributed by atoms with Crippen molar-refractivity contribution >= 4 is 42.4 Å². The number of fused-ring (bicyclic) bond motifs is 1. The summed E-state index contributed by atoms with van der Waals surface area (Å²) in [5.41, 5.74) is 1.11. The van der Waals surface area contributed by atoms with Crippen LogP contribution in [0.4, 0.5) is 10.8 Å². The fourth-order valence-corrected chi connectivity index (χ4v) is 5.59. The molecule has 0 unspecified atom stereocenters. The highest BCUT2D eigenvalue weighted by Gasteiger charge is 2.29. The Labute approximate surface area is 170 Å². The molecule has 2 aromatic carbocycles. The van der Waals surface area contributed by atoms with Gasteiger partial charge in [-0.1, -0.05) is 11.3 Å². The second kappa shape index (κ2) is 7.40. The first-order chi connectivity index (χ1) is 13.9. The molecule has 0 N–H and O–H groups in total. The van der Waals surface area contributed by atoms with E-state index in [2.05, 4.69) is 4.98 Å². The summed E-state index contributed by atoms with van der Waals surface area (Å²) in [6, 6.07) is 12.4. The molecule has 11 heteroatoms. The highest BCUT2D eigenvalue weighted by atomic mass is 32.2. The number of benzene rings is 2. The van der Waals surface area contributed by atoms with E-state index < -0.39 is 14.9 Å². The number of sulfonamides is 1. The van der Waals surface area contributed by atoms with Crippen LogP contribution in [-0.2, 0) is 10.0 Å². The van der Waals surface area contributed by atoms with Gasteiger partial charge in [-0.15, -0.1) is 0 Å². The highest BCUT2D eigenvalue weighted by Crippen LogP contribution is 2.32. The maximum atomic E-state index is 12.8. The summed E-state index contributed by atoms with van der Waals surface area (Å²) in [6.45, 7) is 1.55. The van der Waals surface area contributed by atoms with E-state index in [9.17, 15) is 18.5 Å². The van der Waals surface area contributed by atoms with Crippen molar-refractivity contribution in [3.63, 3.8) is 0 Å². The number of hydrogen-bond acceptors (Lipinski definition) is 8. The summed E-state index contributed by atoms with van der Waals surface area (Å²) in [7, 11) is -3.63. The van der Waals surface area contributed by atoms with E-state index in [0.717, 1.165) is 9.83 Å². The quantitative estimate of drug-likeness (QED) is 0.462. The number of aromatic nitrogens is 1. The van der Waals surface area contributed by atoms with Crippen molar-refractivity contribution in [1.82, 2.24) is 9.29 Å². The van der Waals surface area contributed by atoms with Gasteiger partial charge >= 0.3 is 0 Å². The van der Waals surface area contributed by atoms with Gasteiger partial charge in [0.2, 0.25) is 10.0 Å². The number of thiazole rings is 1. The maximum absolute atomic E-state index is 12.8. The fourth-order valence-electron chi connectivity index (χ4n) is 3.12. The van der Waals surface area contributed by atoms with Crippen molar-refractivity contribution in [2.45, 2.75) is 4.90 Å². The number of nitro benzene ring substituents is 1. The summed E-state index contributed by atoms with van der Waals surface area (Å²) in [4.78, 5) is 17.2. The molecule has 9 nitrogen and oxygen atoms in total. The first-order valence-electron chi connectivity index (χ1n) is 8.69. The number of rotatable bonds is 4. The Morgan fingerprint density at radius 3 is 2.41 bits per heavy atom. The molecule has 1 aromatic heterocycles. The molecule has 2 heterocycles. The minimum absolute atomic E-state index is 0.0195. The molecule has 3 aromatic rings. The molecule has 148 valence electrons. The van der Waals surface area contributed by atoms with Gasteiger partial charge in [-0.05, 0) is 30.3 Å². The van der Waals surface area contributed by atoms with Crippen molar-refractivity contribution in [1.29, 1.82) is 5.26 Å². The minimum Gasteiger partial charge on any atom is -0.345 e. The number of nitrogens with zero attached hydrogens (tertiary/aromatic N) is 5. The van der Waals surface area contributed by atoms with Crippen LogP contribution in [-0.4, -0.2) is 48.8 Å². The molecule has 0 saturated carbocycles. The van der Waals surface area contributed by atoms with Crippen LogP contribution in [0, 0.1) is 21.4 Å². The Balaban J connectivity index is 1.49. The van der Waals surface area contributed by atoms with E-state index in [1.54, 1.807) is 6.07 Å². The molecule has 1 aliphatic rings. The minimum atomic E-state index is -3.63. The average Bonchev–Trinajstić information content (AvgIpc) is 3.17. The van der Waals surface area contributed by atoms with Crippen molar-refractivity contribution in [2.75, 3.05) is 31.1 Å². The molecule has 0 amide bonds. The van der Waals surface area contributed by atoms with Gasteiger partial charge in [0.25, 0.3) is 5.69 Å². The highest BCUT2D eigenvalue weighted by molar-refractivity contribution is 7.89. The lowest BCUT2D eigenvalue weighted by Gasteiger charge is -2.33. The number of nitro groups is 1. The van der Waals surface area contributed by atoms with E-state index in [4.69, 9.17) is 5.26 Å². The maximum Gasteiger partial charge on any atom is 0.270 e. The van der Waals surface area contributed by atoms with Crippen molar-refractivity contribution in [3.8, 4) is 6.07 Å². The largest absolute Gasteiger partial charge is 0.345 e. The third-order valence-electron chi connectivity index (χ3n) is 4.70. The van der Waals surface area contributed by atoms with Crippen molar-refractivity contribution in [2.24, 2.45) is 0 Å². The van der Waals surface area contributed by atoms with E-state index in [-0.39, 0.29) is 10.6 Å². The first-order valence-corrected chi connectivity index (χ1v) is 10.9. The Morgan fingerprint density at radius 1 is 1.10 bits per heavy atom. The molecule has 1 fully saturated rings. The molecule has 0 bridgehead atoms. The number of hydrogen-bond donors (Lipinski definition) is 0. The normalized spacial score (nSPS) is 15.3. The smallest absolute Gasteiger partial charge is 0.270 e. The van der Waals surface area contributed by atoms with Crippen LogP contribution in [0.5, 0.6) is 0 Å². The lowest BCUT2D eigenvalue weighted by Crippen LogP contribution is -2.48. The standard InChI is InChI=1S/C18H15N5O4S2/c19-12-13-1-4-15(5-2-13)29(26,27)22-9-7-21(8-10-22)18-20-16-6-3-14(23(24)25)11-17(16)28-18/h1-6,11H,7-10H2. The Hall–Kier alpha value is -3.07. The lowest BCUT2D eigenvalue weighted by molar-refractivity contribution is -0.384. The molecule has 0 aliphatic carbocycles. The number of nitriles is 1. The Kier molecular flexibility index (Phi) is 4.91. The van der Waals surface area contributed by atoms with Gasteiger partial charge in [0.05, 0.1) is 31.7 Å². The third kappa shape index (κ3) is 3.65. The number of non-ortho nitro benzene ring substituents is 1. The van der Waals surface area contributed by atoms with Gasteiger partial charge in [0, 0.05) is 38.3 Å². The van der Waals surface area contributed by atoms with Gasteiger partial charge in [-0.3, -0.25) is 10.1 Å². The summed E-state index contributed by atoms with van der Waals surface area (Å²) in [5.74, 6) is 0. The average molecular weight is 429 g/mol. The third-order valence-corrected chi connectivity index (χ3v) is 7.69. The van der Waals surface area contributed by atoms with Crippen LogP contribution >= 0.6 is 11.3 Å². The predicted molar refractivity (Wildman–Crippen MR) is 108 cm³/mol. The number of anilines is 1. The van der Waals surface area contributed by atoms with Crippen LogP contribution in [0.1, 0.15) is 5.56 Å². The molecular formula is C18H15N5O4S2. The first kappa shape index (κ1) is 19.3. The monoisotopic (exact) mass is 429 g/mol. The van der Waals surface area contributed by atoms with Gasteiger partial charge in [-0.2, -0.15) is 9.57 Å². The molecule has 0 atom stereocenters. The Bertz CT molecular complexity index is 1220. The predicted octanol–water partition coefficient (Wildman–Crippen LogP) is 2.59. The van der Waals surface area contributed by atoms with Crippen LogP contribution in [0.3, 0.4) is 0 Å². The summed E-state index contributed by atoms with van der Waals surface area (Å²) < 4.78 is 27.8. The molecule has 1 saturated heterocycles.